The van der Waals surface area contributed by atoms with E-state index in [1.807, 2.05) is 26.0 Å². The van der Waals surface area contributed by atoms with Gasteiger partial charge in [0.05, 0.1) is 0 Å². The second-order valence-electron chi connectivity index (χ2n) is 5.97. The number of carbonyl (C=O) groups excluding carboxylic acids is 1. The topological polar surface area (TPSA) is 96.9 Å². The van der Waals surface area contributed by atoms with Gasteiger partial charge in [-0.1, -0.05) is 50.2 Å². The standard InChI is InChI=1S/C18H19F3N2O5S.C2H6/c1-12(17(24)23-25)29(26)28-22-11-15-4-2-13(3-5-15)10-14-6-8-16(9-7-14)27-18(19,20)21;1-2/h2-9,12,22,25H,10-11H2,1H3,(H,23,24);1-2H3. The first-order valence-electron chi connectivity index (χ1n) is 9.35. The molecule has 2 atom stereocenters. The van der Waals surface area contributed by atoms with Gasteiger partial charge in [0.1, 0.15) is 11.0 Å². The van der Waals surface area contributed by atoms with Crippen LogP contribution in [0, 0.1) is 0 Å². The molecule has 2 unspecified atom stereocenters. The second-order valence-corrected chi connectivity index (χ2v) is 7.36. The molecule has 0 bridgehead atoms. The van der Waals surface area contributed by atoms with Gasteiger partial charge < -0.3 is 4.74 Å². The smallest absolute Gasteiger partial charge is 0.406 e. The molecule has 11 heteroatoms. The predicted octanol–water partition coefficient (Wildman–Crippen LogP) is 3.78. The van der Waals surface area contributed by atoms with Crippen LogP contribution in [0.5, 0.6) is 5.75 Å². The molecule has 2 aromatic carbocycles. The van der Waals surface area contributed by atoms with Gasteiger partial charge in [-0.3, -0.25) is 10.0 Å². The molecule has 0 aromatic heterocycles. The zero-order valence-electron chi connectivity index (χ0n) is 17.2. The van der Waals surface area contributed by atoms with Crippen LogP contribution in [-0.2, 0) is 33.1 Å². The summed E-state index contributed by atoms with van der Waals surface area (Å²) in [5, 5.41) is 7.43. The Bertz CT molecular complexity index is 830. The first-order chi connectivity index (χ1) is 14.7. The summed E-state index contributed by atoms with van der Waals surface area (Å²) in [4.78, 5) is 11.1. The Labute approximate surface area is 181 Å². The van der Waals surface area contributed by atoms with Crippen LogP contribution in [0.3, 0.4) is 0 Å². The van der Waals surface area contributed by atoms with E-state index in [1.54, 1.807) is 24.3 Å². The van der Waals surface area contributed by atoms with Crippen molar-refractivity contribution < 1.29 is 36.4 Å². The molecule has 0 fully saturated rings. The van der Waals surface area contributed by atoms with Crippen molar-refractivity contribution in [3.05, 3.63) is 65.2 Å². The molecule has 0 saturated heterocycles. The highest BCUT2D eigenvalue weighted by atomic mass is 32.2. The number of halogens is 3. The van der Waals surface area contributed by atoms with Crippen LogP contribution in [0.25, 0.3) is 0 Å². The summed E-state index contributed by atoms with van der Waals surface area (Å²) in [6.07, 6.45) is -4.20. The molecule has 2 rings (SSSR count). The zero-order valence-corrected chi connectivity index (χ0v) is 18.0. The van der Waals surface area contributed by atoms with Crippen LogP contribution in [-0.4, -0.2) is 26.9 Å². The average molecular weight is 462 g/mol. The van der Waals surface area contributed by atoms with Gasteiger partial charge in [0.15, 0.2) is 11.1 Å². The Kier molecular flexibility index (Phi) is 11.2. The summed E-state index contributed by atoms with van der Waals surface area (Å²) in [5.41, 5.74) is 6.46. The van der Waals surface area contributed by atoms with Gasteiger partial charge in [-0.15, -0.1) is 13.2 Å². The summed E-state index contributed by atoms with van der Waals surface area (Å²) in [6.45, 7) is 5.56. The molecule has 2 aromatic rings. The number of nitrogens with one attached hydrogen (secondary N) is 2. The lowest BCUT2D eigenvalue weighted by Gasteiger charge is -2.10. The van der Waals surface area contributed by atoms with Gasteiger partial charge in [0.2, 0.25) is 0 Å². The minimum atomic E-state index is -4.72. The van der Waals surface area contributed by atoms with Crippen LogP contribution in [0.15, 0.2) is 48.5 Å². The summed E-state index contributed by atoms with van der Waals surface area (Å²) >= 11 is -1.97. The summed E-state index contributed by atoms with van der Waals surface area (Å²) in [7, 11) is 0. The van der Waals surface area contributed by atoms with Crippen molar-refractivity contribution >= 4 is 17.0 Å². The number of carbonyl (C=O) groups is 1. The average Bonchev–Trinajstić information content (AvgIpc) is 2.75. The highest BCUT2D eigenvalue weighted by Crippen LogP contribution is 2.23. The minimum absolute atomic E-state index is 0.225. The minimum Gasteiger partial charge on any atom is -0.406 e. The molecule has 1 amide bonds. The molecular formula is C20H25F3N2O5S. The Balaban J connectivity index is 0.00000233. The van der Waals surface area contributed by atoms with Gasteiger partial charge in [-0.25, -0.2) is 9.69 Å². The Morgan fingerprint density at radius 1 is 1.03 bits per heavy atom. The number of benzene rings is 2. The number of hydroxylamine groups is 2. The molecule has 0 radical (unpaired) electrons. The van der Waals surface area contributed by atoms with Crippen molar-refractivity contribution in [2.45, 2.75) is 45.3 Å². The van der Waals surface area contributed by atoms with Crippen LogP contribution in [0.1, 0.15) is 37.5 Å². The number of alkyl halides is 3. The molecule has 0 aliphatic heterocycles. The van der Waals surface area contributed by atoms with E-state index in [9.17, 15) is 22.2 Å². The molecule has 0 aliphatic carbocycles. The van der Waals surface area contributed by atoms with Crippen LogP contribution in [0.4, 0.5) is 13.2 Å². The molecule has 31 heavy (non-hydrogen) atoms. The van der Waals surface area contributed by atoms with Crippen molar-refractivity contribution in [1.82, 2.24) is 11.0 Å². The third-order valence-electron chi connectivity index (χ3n) is 3.77. The lowest BCUT2D eigenvalue weighted by Crippen LogP contribution is -2.35. The maximum atomic E-state index is 12.2. The molecule has 7 nitrogen and oxygen atoms in total. The van der Waals surface area contributed by atoms with E-state index < -0.39 is 28.6 Å². The molecule has 0 heterocycles. The highest BCUT2D eigenvalue weighted by molar-refractivity contribution is 7.81. The molecule has 172 valence electrons. The second kappa shape index (κ2) is 13.1. The van der Waals surface area contributed by atoms with Gasteiger partial charge >= 0.3 is 6.36 Å². The summed E-state index contributed by atoms with van der Waals surface area (Å²) in [6, 6.07) is 12.9. The zero-order chi connectivity index (χ0) is 23.4. The number of hydrogen-bond donors (Lipinski definition) is 3. The number of hydrogen-bond acceptors (Lipinski definition) is 6. The number of amides is 1. The quantitative estimate of drug-likeness (QED) is 0.388. The Morgan fingerprint density at radius 3 is 2.00 bits per heavy atom. The molecule has 0 aliphatic rings. The maximum absolute atomic E-state index is 12.2. The van der Waals surface area contributed by atoms with Crippen molar-refractivity contribution in [1.29, 1.82) is 0 Å². The molecule has 3 N–H and O–H groups in total. The lowest BCUT2D eigenvalue weighted by molar-refractivity contribution is -0.274. The lowest BCUT2D eigenvalue weighted by atomic mass is 10.0. The van der Waals surface area contributed by atoms with E-state index in [0.29, 0.717) is 6.42 Å². The predicted molar refractivity (Wildman–Crippen MR) is 109 cm³/mol. The molecule has 0 saturated carbocycles. The van der Waals surface area contributed by atoms with Crippen LogP contribution >= 0.6 is 0 Å². The van der Waals surface area contributed by atoms with Crippen molar-refractivity contribution in [2.75, 3.05) is 0 Å². The van der Waals surface area contributed by atoms with E-state index in [0.717, 1.165) is 16.7 Å². The summed E-state index contributed by atoms with van der Waals surface area (Å²) < 4.78 is 56.9. The number of ether oxygens (including phenoxy) is 1. The fourth-order valence-corrected chi connectivity index (χ4v) is 2.79. The van der Waals surface area contributed by atoms with Gasteiger partial charge in [0.25, 0.3) is 5.91 Å². The van der Waals surface area contributed by atoms with E-state index in [1.165, 1.54) is 24.5 Å². The van der Waals surface area contributed by atoms with Crippen LogP contribution in [0.2, 0.25) is 0 Å². The van der Waals surface area contributed by atoms with Gasteiger partial charge in [0, 0.05) is 6.54 Å². The molecule has 0 spiro atoms. The third-order valence-corrected chi connectivity index (χ3v) is 4.85. The van der Waals surface area contributed by atoms with Gasteiger partial charge in [-0.2, -0.15) is 9.76 Å². The first kappa shape index (κ1) is 26.6. The number of rotatable bonds is 9. The SMILES string of the molecule is CC.CC(C(=O)NO)S(=O)ONCc1ccc(Cc2ccc(OC(F)(F)F)cc2)cc1. The fraction of sp³-hybridized carbons (Fsp3) is 0.350. The maximum Gasteiger partial charge on any atom is 0.573 e. The van der Waals surface area contributed by atoms with Crippen LogP contribution < -0.4 is 15.7 Å². The third kappa shape index (κ3) is 9.92. The van der Waals surface area contributed by atoms with E-state index in [-0.39, 0.29) is 12.3 Å². The van der Waals surface area contributed by atoms with Gasteiger partial charge in [-0.05, 0) is 42.2 Å². The largest absolute Gasteiger partial charge is 0.573 e. The fourth-order valence-electron chi connectivity index (χ4n) is 2.24. The highest BCUT2D eigenvalue weighted by Gasteiger charge is 2.30. The van der Waals surface area contributed by atoms with E-state index in [4.69, 9.17) is 9.49 Å². The monoisotopic (exact) mass is 462 g/mol. The van der Waals surface area contributed by atoms with E-state index >= 15 is 0 Å². The normalized spacial score (nSPS) is 12.9. The van der Waals surface area contributed by atoms with E-state index in [2.05, 4.69) is 10.2 Å². The van der Waals surface area contributed by atoms with Crippen molar-refractivity contribution in [2.24, 2.45) is 0 Å². The Hall–Kier alpha value is -2.47. The van der Waals surface area contributed by atoms with Crippen molar-refractivity contribution in [3.63, 3.8) is 0 Å². The first-order valence-corrected chi connectivity index (χ1v) is 10.5. The molecular weight excluding hydrogens is 437 g/mol. The van der Waals surface area contributed by atoms with Crippen molar-refractivity contribution in [3.8, 4) is 5.75 Å². The Morgan fingerprint density at radius 2 is 1.52 bits per heavy atom. The summed E-state index contributed by atoms with van der Waals surface area (Å²) in [5.74, 6) is -1.10.